The van der Waals surface area contributed by atoms with E-state index in [1.165, 1.54) is 11.5 Å². The van der Waals surface area contributed by atoms with E-state index in [-0.39, 0.29) is 0 Å². The van der Waals surface area contributed by atoms with Crippen LogP contribution in [0.3, 0.4) is 0 Å². The van der Waals surface area contributed by atoms with Crippen LogP contribution in [-0.2, 0) is 0 Å². The fraction of sp³-hybridized carbons (Fsp3) is 0.875. The van der Waals surface area contributed by atoms with Crippen molar-refractivity contribution in [2.45, 2.75) is 19.8 Å². The van der Waals surface area contributed by atoms with Gasteiger partial charge in [0.1, 0.15) is 0 Å². The first-order valence-electron chi connectivity index (χ1n) is 4.24. The molecule has 0 aromatic heterocycles. The van der Waals surface area contributed by atoms with Crippen molar-refractivity contribution in [1.29, 1.82) is 5.41 Å². The van der Waals surface area contributed by atoms with Gasteiger partial charge in [0.2, 0.25) is 0 Å². The number of nitrogens with zero attached hydrogens (tertiary/aromatic N) is 1. The standard InChI is InChI=1S/C8H16N2S/c1-2-3-8(9)10-4-6-11-7-5-10/h9H,2-7H2,1H3. The van der Waals surface area contributed by atoms with Crippen LogP contribution < -0.4 is 0 Å². The second-order valence-electron chi connectivity index (χ2n) is 2.80. The molecule has 1 saturated heterocycles. The SMILES string of the molecule is CCCC(=N)N1CCSCC1. The zero-order valence-electron chi connectivity index (χ0n) is 7.10. The normalized spacial score (nSPS) is 18.5. The molecule has 11 heavy (non-hydrogen) atoms. The predicted octanol–water partition coefficient (Wildman–Crippen LogP) is 1.81. The van der Waals surface area contributed by atoms with Gasteiger partial charge in [0, 0.05) is 31.0 Å². The molecule has 0 aromatic carbocycles. The Morgan fingerprint density at radius 2 is 2.09 bits per heavy atom. The van der Waals surface area contributed by atoms with Crippen LogP contribution in [0.1, 0.15) is 19.8 Å². The molecule has 0 amide bonds. The summed E-state index contributed by atoms with van der Waals surface area (Å²) in [4.78, 5) is 2.21. The Kier molecular flexibility index (Phi) is 3.77. The third-order valence-corrected chi connectivity index (χ3v) is 2.82. The van der Waals surface area contributed by atoms with Gasteiger partial charge in [-0.3, -0.25) is 5.41 Å². The van der Waals surface area contributed by atoms with Crippen LogP contribution >= 0.6 is 11.8 Å². The van der Waals surface area contributed by atoms with Crippen LogP contribution in [-0.4, -0.2) is 35.3 Å². The smallest absolute Gasteiger partial charge is 0.0958 e. The summed E-state index contributed by atoms with van der Waals surface area (Å²) in [6, 6.07) is 0. The molecule has 0 bridgehead atoms. The van der Waals surface area contributed by atoms with Gasteiger partial charge in [0.05, 0.1) is 5.84 Å². The Labute approximate surface area is 72.9 Å². The molecule has 0 aromatic rings. The van der Waals surface area contributed by atoms with Gasteiger partial charge >= 0.3 is 0 Å². The highest BCUT2D eigenvalue weighted by molar-refractivity contribution is 7.99. The fourth-order valence-corrected chi connectivity index (χ4v) is 2.13. The van der Waals surface area contributed by atoms with Crippen LogP contribution in [0.15, 0.2) is 0 Å². The van der Waals surface area contributed by atoms with E-state index in [0.29, 0.717) is 0 Å². The molecule has 64 valence electrons. The fourth-order valence-electron chi connectivity index (χ4n) is 1.23. The van der Waals surface area contributed by atoms with E-state index >= 15 is 0 Å². The van der Waals surface area contributed by atoms with Crippen molar-refractivity contribution >= 4 is 17.6 Å². The average molecular weight is 172 g/mol. The zero-order chi connectivity index (χ0) is 8.10. The first-order chi connectivity index (χ1) is 5.34. The minimum absolute atomic E-state index is 0.841. The first kappa shape index (κ1) is 8.91. The minimum Gasteiger partial charge on any atom is -0.359 e. The highest BCUT2D eigenvalue weighted by Crippen LogP contribution is 2.10. The average Bonchev–Trinajstić information content (AvgIpc) is 2.07. The lowest BCUT2D eigenvalue weighted by Crippen LogP contribution is -2.37. The molecule has 2 nitrogen and oxygen atoms in total. The van der Waals surface area contributed by atoms with Crippen LogP contribution in [0.25, 0.3) is 0 Å². The highest BCUT2D eigenvalue weighted by Gasteiger charge is 2.11. The Balaban J connectivity index is 2.27. The maximum absolute atomic E-state index is 7.70. The molecule has 0 unspecified atom stereocenters. The van der Waals surface area contributed by atoms with Gasteiger partial charge in [-0.05, 0) is 6.42 Å². The zero-order valence-corrected chi connectivity index (χ0v) is 7.91. The molecule has 1 rings (SSSR count). The molecule has 1 fully saturated rings. The van der Waals surface area contributed by atoms with Crippen molar-refractivity contribution in [1.82, 2.24) is 4.90 Å². The molecule has 0 radical (unpaired) electrons. The Morgan fingerprint density at radius 3 is 2.64 bits per heavy atom. The summed E-state index contributed by atoms with van der Waals surface area (Å²) in [5.41, 5.74) is 0. The number of nitrogens with one attached hydrogen (secondary N) is 1. The molecule has 1 N–H and O–H groups in total. The monoisotopic (exact) mass is 172 g/mol. The second kappa shape index (κ2) is 4.65. The third kappa shape index (κ3) is 2.73. The third-order valence-electron chi connectivity index (χ3n) is 1.88. The molecule has 0 atom stereocenters. The summed E-state index contributed by atoms with van der Waals surface area (Å²) in [6.07, 6.45) is 2.05. The summed E-state index contributed by atoms with van der Waals surface area (Å²) in [5, 5.41) is 7.70. The Bertz CT molecular complexity index is 130. The molecule has 1 heterocycles. The second-order valence-corrected chi connectivity index (χ2v) is 4.02. The van der Waals surface area contributed by atoms with E-state index in [9.17, 15) is 0 Å². The van der Waals surface area contributed by atoms with Crippen molar-refractivity contribution in [2.24, 2.45) is 0 Å². The molecule has 3 heteroatoms. The van der Waals surface area contributed by atoms with E-state index in [4.69, 9.17) is 5.41 Å². The van der Waals surface area contributed by atoms with Crippen LogP contribution in [0.5, 0.6) is 0 Å². The van der Waals surface area contributed by atoms with E-state index in [1.54, 1.807) is 0 Å². The molecule has 0 aliphatic carbocycles. The van der Waals surface area contributed by atoms with Gasteiger partial charge < -0.3 is 4.90 Å². The molecule has 1 aliphatic rings. The largest absolute Gasteiger partial charge is 0.359 e. The molecule has 0 spiro atoms. The summed E-state index contributed by atoms with van der Waals surface area (Å²) in [5.74, 6) is 3.24. The van der Waals surface area contributed by atoms with Crippen LogP contribution in [0, 0.1) is 5.41 Å². The van der Waals surface area contributed by atoms with Crippen LogP contribution in [0.4, 0.5) is 0 Å². The van der Waals surface area contributed by atoms with Gasteiger partial charge in [0.15, 0.2) is 0 Å². The van der Waals surface area contributed by atoms with E-state index in [0.717, 1.165) is 31.8 Å². The topological polar surface area (TPSA) is 27.1 Å². The number of thioether (sulfide) groups is 1. The van der Waals surface area contributed by atoms with Gasteiger partial charge in [-0.15, -0.1) is 0 Å². The van der Waals surface area contributed by atoms with Crippen molar-refractivity contribution in [2.75, 3.05) is 24.6 Å². The summed E-state index contributed by atoms with van der Waals surface area (Å²) in [7, 11) is 0. The lowest BCUT2D eigenvalue weighted by atomic mass is 10.3. The number of hydrogen-bond donors (Lipinski definition) is 1. The van der Waals surface area contributed by atoms with Gasteiger partial charge in [0.25, 0.3) is 0 Å². The van der Waals surface area contributed by atoms with Gasteiger partial charge in [-0.2, -0.15) is 11.8 Å². The van der Waals surface area contributed by atoms with E-state index < -0.39 is 0 Å². The number of rotatable bonds is 2. The molecule has 1 aliphatic heterocycles. The van der Waals surface area contributed by atoms with Gasteiger partial charge in [-0.25, -0.2) is 0 Å². The van der Waals surface area contributed by atoms with E-state index in [2.05, 4.69) is 11.8 Å². The van der Waals surface area contributed by atoms with Crippen molar-refractivity contribution in [3.63, 3.8) is 0 Å². The maximum atomic E-state index is 7.70. The molecule has 0 saturated carbocycles. The Hall–Kier alpha value is -0.180. The van der Waals surface area contributed by atoms with Gasteiger partial charge in [-0.1, -0.05) is 6.92 Å². The number of hydrogen-bond acceptors (Lipinski definition) is 2. The molecular formula is C8H16N2S. The predicted molar refractivity (Wildman–Crippen MR) is 51.5 cm³/mol. The van der Waals surface area contributed by atoms with Crippen molar-refractivity contribution in [3.05, 3.63) is 0 Å². The van der Waals surface area contributed by atoms with E-state index in [1.807, 2.05) is 11.8 Å². The number of amidine groups is 1. The first-order valence-corrected chi connectivity index (χ1v) is 5.40. The van der Waals surface area contributed by atoms with Crippen molar-refractivity contribution < 1.29 is 0 Å². The lowest BCUT2D eigenvalue weighted by molar-refractivity contribution is 0.448. The molecular weight excluding hydrogens is 156 g/mol. The summed E-state index contributed by atoms with van der Waals surface area (Å²) < 4.78 is 0. The lowest BCUT2D eigenvalue weighted by Gasteiger charge is -2.28. The van der Waals surface area contributed by atoms with Crippen molar-refractivity contribution in [3.8, 4) is 0 Å². The maximum Gasteiger partial charge on any atom is 0.0958 e. The Morgan fingerprint density at radius 1 is 1.45 bits per heavy atom. The quantitative estimate of drug-likeness (QED) is 0.508. The van der Waals surface area contributed by atoms with Crippen LogP contribution in [0.2, 0.25) is 0 Å². The minimum atomic E-state index is 0.841. The summed E-state index contributed by atoms with van der Waals surface area (Å²) in [6.45, 7) is 4.31. The highest BCUT2D eigenvalue weighted by atomic mass is 32.2. The summed E-state index contributed by atoms with van der Waals surface area (Å²) >= 11 is 2.00.